The molecule has 3 N–H and O–H groups in total. The summed E-state index contributed by atoms with van der Waals surface area (Å²) < 4.78 is 0. The van der Waals surface area contributed by atoms with Gasteiger partial charge < -0.3 is 0 Å². The fourth-order valence-electron chi connectivity index (χ4n) is 2.25. The molecule has 19 heavy (non-hydrogen) atoms. The molecule has 0 amide bonds. The van der Waals surface area contributed by atoms with Crippen molar-refractivity contribution >= 4 is 22.7 Å². The van der Waals surface area contributed by atoms with Crippen LogP contribution < -0.4 is 11.3 Å². The third-order valence-electron chi connectivity index (χ3n) is 3.42. The number of hydrogen-bond donors (Lipinski definition) is 2. The summed E-state index contributed by atoms with van der Waals surface area (Å²) in [5.74, 6) is 7.30. The SMILES string of the molecule is CSCC(C)C(Cc1ccc2ccccc2n1)NN. The average Bonchev–Trinajstić information content (AvgIpc) is 2.44. The molecule has 0 bridgehead atoms. The van der Waals surface area contributed by atoms with Crippen molar-refractivity contribution in [1.82, 2.24) is 10.4 Å². The van der Waals surface area contributed by atoms with Gasteiger partial charge in [-0.15, -0.1) is 0 Å². The van der Waals surface area contributed by atoms with Crippen LogP contribution >= 0.6 is 11.8 Å². The summed E-state index contributed by atoms with van der Waals surface area (Å²) in [4.78, 5) is 4.70. The van der Waals surface area contributed by atoms with E-state index in [-0.39, 0.29) is 6.04 Å². The molecule has 2 aromatic rings. The van der Waals surface area contributed by atoms with Crippen molar-refractivity contribution in [1.29, 1.82) is 0 Å². The number of benzene rings is 1. The van der Waals surface area contributed by atoms with Crippen LogP contribution in [-0.2, 0) is 6.42 Å². The summed E-state index contributed by atoms with van der Waals surface area (Å²) in [7, 11) is 0. The number of nitrogens with two attached hydrogens (primary N) is 1. The summed E-state index contributed by atoms with van der Waals surface area (Å²) >= 11 is 1.85. The Morgan fingerprint density at radius 3 is 2.79 bits per heavy atom. The first-order valence-electron chi connectivity index (χ1n) is 6.54. The van der Waals surface area contributed by atoms with E-state index in [1.165, 1.54) is 5.39 Å². The molecule has 2 atom stereocenters. The highest BCUT2D eigenvalue weighted by Crippen LogP contribution is 2.16. The van der Waals surface area contributed by atoms with E-state index in [2.05, 4.69) is 42.9 Å². The molecule has 0 saturated heterocycles. The Balaban J connectivity index is 2.15. The quantitative estimate of drug-likeness (QED) is 0.628. The maximum Gasteiger partial charge on any atom is 0.0705 e. The number of pyridine rings is 1. The Kier molecular flexibility index (Phi) is 5.19. The van der Waals surface area contributed by atoms with Crippen molar-refractivity contribution in [2.45, 2.75) is 19.4 Å². The lowest BCUT2D eigenvalue weighted by Gasteiger charge is -2.22. The Morgan fingerprint density at radius 2 is 2.05 bits per heavy atom. The van der Waals surface area contributed by atoms with Crippen molar-refractivity contribution in [3.8, 4) is 0 Å². The minimum Gasteiger partial charge on any atom is -0.271 e. The maximum absolute atomic E-state index is 5.68. The fraction of sp³-hybridized carbons (Fsp3) is 0.400. The summed E-state index contributed by atoms with van der Waals surface area (Å²) in [6.07, 6.45) is 2.99. The van der Waals surface area contributed by atoms with Crippen LogP contribution in [0.2, 0.25) is 0 Å². The lowest BCUT2D eigenvalue weighted by Crippen LogP contribution is -2.42. The van der Waals surface area contributed by atoms with Gasteiger partial charge in [-0.05, 0) is 30.1 Å². The van der Waals surface area contributed by atoms with E-state index in [1.54, 1.807) is 0 Å². The normalized spacial score (nSPS) is 14.5. The number of nitrogens with zero attached hydrogens (tertiary/aromatic N) is 1. The highest BCUT2D eigenvalue weighted by molar-refractivity contribution is 7.98. The molecule has 0 radical (unpaired) electrons. The van der Waals surface area contributed by atoms with Crippen LogP contribution in [0.1, 0.15) is 12.6 Å². The van der Waals surface area contributed by atoms with Gasteiger partial charge in [0.15, 0.2) is 0 Å². The second kappa shape index (κ2) is 6.89. The third-order valence-corrected chi connectivity index (χ3v) is 4.27. The lowest BCUT2D eigenvalue weighted by molar-refractivity contribution is 0.407. The zero-order chi connectivity index (χ0) is 13.7. The molecule has 1 heterocycles. The Morgan fingerprint density at radius 1 is 1.26 bits per heavy atom. The molecule has 0 fully saturated rings. The van der Waals surface area contributed by atoms with Crippen molar-refractivity contribution < 1.29 is 0 Å². The molecule has 102 valence electrons. The lowest BCUT2D eigenvalue weighted by atomic mass is 9.99. The van der Waals surface area contributed by atoms with Gasteiger partial charge in [0.1, 0.15) is 0 Å². The van der Waals surface area contributed by atoms with Gasteiger partial charge in [0.2, 0.25) is 0 Å². The van der Waals surface area contributed by atoms with Gasteiger partial charge in [-0.25, -0.2) is 0 Å². The van der Waals surface area contributed by atoms with Gasteiger partial charge in [-0.2, -0.15) is 11.8 Å². The number of thioether (sulfide) groups is 1. The Bertz CT molecular complexity index is 530. The van der Waals surface area contributed by atoms with Crippen molar-refractivity contribution in [3.05, 3.63) is 42.1 Å². The van der Waals surface area contributed by atoms with E-state index in [4.69, 9.17) is 10.8 Å². The topological polar surface area (TPSA) is 50.9 Å². The molecule has 2 unspecified atom stereocenters. The van der Waals surface area contributed by atoms with Gasteiger partial charge >= 0.3 is 0 Å². The number of hydrazine groups is 1. The van der Waals surface area contributed by atoms with Crippen LogP contribution in [0.5, 0.6) is 0 Å². The van der Waals surface area contributed by atoms with E-state index >= 15 is 0 Å². The smallest absolute Gasteiger partial charge is 0.0705 e. The second-order valence-electron chi connectivity index (χ2n) is 4.91. The molecule has 0 aliphatic carbocycles. The molecule has 4 heteroatoms. The summed E-state index contributed by atoms with van der Waals surface area (Å²) in [5.41, 5.74) is 5.07. The fourth-order valence-corrected chi connectivity index (χ4v) is 3.01. The Hall–Kier alpha value is -1.10. The molecular formula is C15H21N3S. The monoisotopic (exact) mass is 275 g/mol. The zero-order valence-electron chi connectivity index (χ0n) is 11.5. The number of para-hydroxylation sites is 1. The van der Waals surface area contributed by atoms with Gasteiger partial charge in [0.25, 0.3) is 0 Å². The first-order chi connectivity index (χ1) is 9.24. The van der Waals surface area contributed by atoms with Gasteiger partial charge in [0, 0.05) is 23.5 Å². The van der Waals surface area contributed by atoms with Crippen LogP contribution in [0.4, 0.5) is 0 Å². The van der Waals surface area contributed by atoms with Crippen molar-refractivity contribution in [2.75, 3.05) is 12.0 Å². The van der Waals surface area contributed by atoms with E-state index in [0.29, 0.717) is 5.92 Å². The van der Waals surface area contributed by atoms with E-state index in [0.717, 1.165) is 23.4 Å². The first kappa shape index (κ1) is 14.3. The molecule has 0 aliphatic rings. The largest absolute Gasteiger partial charge is 0.271 e. The predicted octanol–water partition coefficient (Wildman–Crippen LogP) is 2.61. The second-order valence-corrected chi connectivity index (χ2v) is 5.82. The van der Waals surface area contributed by atoms with Crippen LogP contribution in [0.25, 0.3) is 10.9 Å². The van der Waals surface area contributed by atoms with Crippen LogP contribution in [0.3, 0.4) is 0 Å². The summed E-state index contributed by atoms with van der Waals surface area (Å²) in [6, 6.07) is 12.7. The van der Waals surface area contributed by atoms with Crippen LogP contribution in [0.15, 0.2) is 36.4 Å². The Labute approximate surface area is 119 Å². The maximum atomic E-state index is 5.68. The molecular weight excluding hydrogens is 254 g/mol. The average molecular weight is 275 g/mol. The van der Waals surface area contributed by atoms with Crippen molar-refractivity contribution in [2.24, 2.45) is 11.8 Å². The number of fused-ring (bicyclic) bond motifs is 1. The first-order valence-corrected chi connectivity index (χ1v) is 7.93. The molecule has 0 spiro atoms. The van der Waals surface area contributed by atoms with E-state index in [9.17, 15) is 0 Å². The molecule has 2 rings (SSSR count). The molecule has 1 aromatic heterocycles. The standard InChI is InChI=1S/C15H21N3S/c1-11(10-19-2)15(18-16)9-13-8-7-12-5-3-4-6-14(12)17-13/h3-8,11,15,18H,9-10,16H2,1-2H3. The van der Waals surface area contributed by atoms with Gasteiger partial charge in [0.05, 0.1) is 5.52 Å². The van der Waals surface area contributed by atoms with Crippen molar-refractivity contribution in [3.63, 3.8) is 0 Å². The number of hydrogen-bond acceptors (Lipinski definition) is 4. The number of nitrogens with one attached hydrogen (secondary N) is 1. The molecule has 0 aliphatic heterocycles. The number of aromatic nitrogens is 1. The zero-order valence-corrected chi connectivity index (χ0v) is 12.3. The van der Waals surface area contributed by atoms with E-state index < -0.39 is 0 Å². The molecule has 3 nitrogen and oxygen atoms in total. The highest BCUT2D eigenvalue weighted by atomic mass is 32.2. The van der Waals surface area contributed by atoms with Crippen LogP contribution in [-0.4, -0.2) is 23.0 Å². The minimum absolute atomic E-state index is 0.265. The summed E-state index contributed by atoms with van der Waals surface area (Å²) in [6.45, 7) is 2.22. The third kappa shape index (κ3) is 3.69. The number of rotatable bonds is 6. The molecule has 0 saturated carbocycles. The van der Waals surface area contributed by atoms with Gasteiger partial charge in [-0.1, -0.05) is 31.2 Å². The van der Waals surface area contributed by atoms with E-state index in [1.807, 2.05) is 23.9 Å². The minimum atomic E-state index is 0.265. The van der Waals surface area contributed by atoms with Crippen LogP contribution in [0, 0.1) is 5.92 Å². The predicted molar refractivity (Wildman–Crippen MR) is 84.1 cm³/mol. The highest BCUT2D eigenvalue weighted by Gasteiger charge is 2.16. The summed E-state index contributed by atoms with van der Waals surface area (Å²) in [5, 5.41) is 1.18. The van der Waals surface area contributed by atoms with Gasteiger partial charge in [-0.3, -0.25) is 16.3 Å². The molecule has 1 aromatic carbocycles.